The average molecular weight is 781 g/mol. The van der Waals surface area contributed by atoms with Crippen molar-refractivity contribution in [2.45, 2.75) is 86.2 Å². The smallest absolute Gasteiger partial charge is 0.340 e. The van der Waals surface area contributed by atoms with Crippen molar-refractivity contribution in [2.24, 2.45) is 0 Å². The summed E-state index contributed by atoms with van der Waals surface area (Å²) < 4.78 is 51.5. The molecule has 7 nitrogen and oxygen atoms in total. The van der Waals surface area contributed by atoms with E-state index in [0.717, 1.165) is 41.9 Å². The molecule has 0 spiro atoms. The molecule has 0 aliphatic heterocycles. The summed E-state index contributed by atoms with van der Waals surface area (Å²) in [5.41, 5.74) is 3.41. The van der Waals surface area contributed by atoms with Gasteiger partial charge in [-0.2, -0.15) is 8.42 Å². The number of hydrogen-bond donors (Lipinski definition) is 1. The first-order chi connectivity index (χ1) is 26.8. The molecule has 0 heterocycles. The van der Waals surface area contributed by atoms with Crippen molar-refractivity contribution in [3.63, 3.8) is 0 Å². The van der Waals surface area contributed by atoms with Gasteiger partial charge in [0.05, 0.1) is 13.2 Å². The number of rotatable bonds is 23. The van der Waals surface area contributed by atoms with Crippen molar-refractivity contribution in [2.75, 3.05) is 19.8 Å². The minimum atomic E-state index is -4.29. The first kappa shape index (κ1) is 41.6. The molecular weight excluding hydrogens is 729 g/mol. The second-order valence-electron chi connectivity index (χ2n) is 13.3. The molecule has 0 fully saturated rings. The zero-order valence-corrected chi connectivity index (χ0v) is 33.5. The summed E-state index contributed by atoms with van der Waals surface area (Å²) in [6, 6.07) is 34.5. The van der Waals surface area contributed by atoms with Crippen molar-refractivity contribution >= 4 is 21.9 Å². The van der Waals surface area contributed by atoms with Crippen molar-refractivity contribution in [3.05, 3.63) is 145 Å². The van der Waals surface area contributed by atoms with Crippen LogP contribution in [0.15, 0.2) is 143 Å². The lowest BCUT2D eigenvalue weighted by molar-refractivity contribution is 0.116. The third-order valence-corrected chi connectivity index (χ3v) is 11.4. The maximum atomic E-state index is 14.0. The molecule has 5 aromatic carbocycles. The normalized spacial score (nSPS) is 11.9. The van der Waals surface area contributed by atoms with Gasteiger partial charge in [-0.15, -0.1) is 0 Å². The third-order valence-electron chi connectivity index (χ3n) is 8.88. The Hall–Kier alpha value is -4.54. The maximum absolute atomic E-state index is 14.0. The van der Waals surface area contributed by atoms with E-state index in [9.17, 15) is 13.5 Å². The second kappa shape index (κ2) is 21.5. The summed E-state index contributed by atoms with van der Waals surface area (Å²) in [6.07, 6.45) is 8.42. The fourth-order valence-electron chi connectivity index (χ4n) is 6.01. The van der Waals surface area contributed by atoms with Crippen LogP contribution in [0.5, 0.6) is 17.2 Å². The number of ether oxygens (including phenoxy) is 3. The zero-order chi connectivity index (χ0) is 38.9. The Kier molecular flexibility index (Phi) is 16.3. The summed E-state index contributed by atoms with van der Waals surface area (Å²) in [5, 5.41) is 12.0. The van der Waals surface area contributed by atoms with Gasteiger partial charge in [0.2, 0.25) is 0 Å². The molecule has 5 aromatic rings. The third kappa shape index (κ3) is 12.5. The van der Waals surface area contributed by atoms with E-state index in [0.29, 0.717) is 59.3 Å². The molecule has 0 amide bonds. The number of hydrogen-bond acceptors (Lipinski definition) is 8. The minimum absolute atomic E-state index is 0.0142. The first-order valence-corrected chi connectivity index (χ1v) is 21.3. The highest BCUT2D eigenvalue weighted by Crippen LogP contribution is 2.40. The highest BCUT2D eigenvalue weighted by Gasteiger charge is 2.25. The molecule has 0 saturated carbocycles. The van der Waals surface area contributed by atoms with Gasteiger partial charge in [-0.05, 0) is 101 Å². The maximum Gasteiger partial charge on any atom is 0.340 e. The molecule has 5 rings (SSSR count). The molecule has 1 N–H and O–H groups in total. The lowest BCUT2D eigenvalue weighted by Crippen LogP contribution is -2.11. The summed E-state index contributed by atoms with van der Waals surface area (Å²) in [5.74, 6) is 1.57. The number of aliphatic hydroxyl groups is 1. The van der Waals surface area contributed by atoms with Gasteiger partial charge < -0.3 is 23.5 Å². The Bertz CT molecular complexity index is 2050. The Morgan fingerprint density at radius 3 is 2.24 bits per heavy atom. The van der Waals surface area contributed by atoms with Crippen LogP contribution in [0.25, 0.3) is 11.1 Å². The number of benzene rings is 5. The van der Waals surface area contributed by atoms with Crippen molar-refractivity contribution in [1.82, 2.24) is 0 Å². The van der Waals surface area contributed by atoms with Crippen LogP contribution < -0.4 is 13.7 Å². The van der Waals surface area contributed by atoms with E-state index in [1.165, 1.54) is 31.0 Å². The molecule has 1 unspecified atom stereocenters. The molecular formula is C46H52O7S2. The monoisotopic (exact) mass is 780 g/mol. The number of unbranched alkanes of at least 4 members (excludes halogenated alkanes) is 5. The van der Waals surface area contributed by atoms with Gasteiger partial charge in [-0.3, -0.25) is 0 Å². The van der Waals surface area contributed by atoms with E-state index >= 15 is 0 Å². The Labute approximate surface area is 331 Å². The van der Waals surface area contributed by atoms with Gasteiger partial charge in [0, 0.05) is 16.4 Å². The largest absolute Gasteiger partial charge is 0.494 e. The fourth-order valence-corrected chi connectivity index (χ4v) is 8.30. The molecule has 0 saturated heterocycles. The Morgan fingerprint density at radius 2 is 1.47 bits per heavy atom. The standard InChI is InChI=1S/C46H52O7S2/c1-4-7-9-10-16-28-50-34-35-30-37(32-40(31-35)51-27-6-3)46(47)43-20-15-14-19-42(43)36-21-26-44(54-41-24-22-38(23-25-41)52-29-8-5-2)45(33-36)55(48,49)53-39-17-12-11-13-18-39/h6,11-15,17-26,30-33,46-47H,3-5,7-10,16,27-29,34H2,1-2H3. The van der Waals surface area contributed by atoms with Crippen LogP contribution in [0.3, 0.4) is 0 Å². The van der Waals surface area contributed by atoms with E-state index in [4.69, 9.17) is 18.4 Å². The van der Waals surface area contributed by atoms with Gasteiger partial charge in [-0.1, -0.05) is 125 Å². The van der Waals surface area contributed by atoms with Crippen LogP contribution >= 0.6 is 11.8 Å². The molecule has 0 aliphatic carbocycles. The second-order valence-corrected chi connectivity index (χ2v) is 15.9. The highest BCUT2D eigenvalue weighted by atomic mass is 32.2. The summed E-state index contributed by atoms with van der Waals surface area (Å²) in [6.45, 7) is 10.1. The molecule has 0 bridgehead atoms. The van der Waals surface area contributed by atoms with Crippen LogP contribution in [0, 0.1) is 0 Å². The van der Waals surface area contributed by atoms with Crippen LogP contribution in [0.2, 0.25) is 0 Å². The fraction of sp³-hybridized carbons (Fsp3) is 0.304. The van der Waals surface area contributed by atoms with Crippen molar-refractivity contribution < 1.29 is 31.9 Å². The Balaban J connectivity index is 1.47. The number of aliphatic hydroxyl groups excluding tert-OH is 1. The summed E-state index contributed by atoms with van der Waals surface area (Å²) in [4.78, 5) is 1.36. The zero-order valence-electron chi connectivity index (χ0n) is 31.8. The molecule has 55 heavy (non-hydrogen) atoms. The van der Waals surface area contributed by atoms with Gasteiger partial charge in [0.25, 0.3) is 0 Å². The van der Waals surface area contributed by atoms with E-state index in [1.54, 1.807) is 48.5 Å². The van der Waals surface area contributed by atoms with Crippen molar-refractivity contribution in [1.29, 1.82) is 0 Å². The van der Waals surface area contributed by atoms with Crippen molar-refractivity contribution in [3.8, 4) is 28.4 Å². The van der Waals surface area contributed by atoms with E-state index in [1.807, 2.05) is 72.8 Å². The van der Waals surface area contributed by atoms with E-state index in [2.05, 4.69) is 20.4 Å². The summed E-state index contributed by atoms with van der Waals surface area (Å²) in [7, 11) is -4.29. The molecule has 0 aliphatic rings. The van der Waals surface area contributed by atoms with Gasteiger partial charge in [-0.25, -0.2) is 0 Å². The van der Waals surface area contributed by atoms with Crippen LogP contribution in [-0.4, -0.2) is 33.3 Å². The molecule has 0 aromatic heterocycles. The lowest BCUT2D eigenvalue weighted by Gasteiger charge is -2.19. The van der Waals surface area contributed by atoms with Crippen LogP contribution in [-0.2, 0) is 21.5 Å². The van der Waals surface area contributed by atoms with E-state index < -0.39 is 16.2 Å². The quantitative estimate of drug-likeness (QED) is 0.0398. The Morgan fingerprint density at radius 1 is 0.727 bits per heavy atom. The SMILES string of the molecule is C=CCOc1cc(COCCCCCCC)cc(C(O)c2ccccc2-c2ccc(Sc3ccc(OCCCC)cc3)c(S(=O)(=O)Oc3ccccc3)c2)c1. The molecule has 1 atom stereocenters. The van der Waals surface area contributed by atoms with Gasteiger partial charge >= 0.3 is 10.1 Å². The number of para-hydroxylation sites is 1. The van der Waals surface area contributed by atoms with Gasteiger partial charge in [0.1, 0.15) is 34.9 Å². The van der Waals surface area contributed by atoms with E-state index in [-0.39, 0.29) is 10.6 Å². The predicted molar refractivity (Wildman–Crippen MR) is 222 cm³/mol. The topological polar surface area (TPSA) is 91.3 Å². The predicted octanol–water partition coefficient (Wildman–Crippen LogP) is 11.6. The minimum Gasteiger partial charge on any atom is -0.494 e. The molecule has 9 heteroatoms. The average Bonchev–Trinajstić information content (AvgIpc) is 3.20. The lowest BCUT2D eigenvalue weighted by atomic mass is 9.92. The first-order valence-electron chi connectivity index (χ1n) is 19.1. The molecule has 0 radical (unpaired) electrons. The molecule has 290 valence electrons. The van der Waals surface area contributed by atoms with Crippen LogP contribution in [0.1, 0.15) is 81.6 Å². The summed E-state index contributed by atoms with van der Waals surface area (Å²) >= 11 is 1.33. The van der Waals surface area contributed by atoms with Crippen LogP contribution in [0.4, 0.5) is 0 Å². The van der Waals surface area contributed by atoms with Gasteiger partial charge in [0.15, 0.2) is 0 Å². The highest BCUT2D eigenvalue weighted by molar-refractivity contribution is 8.00.